The number of benzene rings is 3. The summed E-state index contributed by atoms with van der Waals surface area (Å²) >= 11 is 11.8. The monoisotopic (exact) mass is 517 g/mol. The molecule has 1 aliphatic heterocycles. The van der Waals surface area contributed by atoms with Gasteiger partial charge in [-0.15, -0.1) is 0 Å². The minimum absolute atomic E-state index is 0.0435. The maximum absolute atomic E-state index is 13.9. The number of nitrogens with one attached hydrogen (secondary N) is 4. The molecule has 1 saturated heterocycles. The Morgan fingerprint density at radius 1 is 1.03 bits per heavy atom. The van der Waals surface area contributed by atoms with Crippen molar-refractivity contribution in [1.82, 2.24) is 21.5 Å². The fraction of sp³-hybridized carbons (Fsp3) is 0.200. The smallest absolute Gasteiger partial charge is 0.258 e. The van der Waals surface area contributed by atoms with Crippen LogP contribution in [-0.4, -0.2) is 18.0 Å². The first-order chi connectivity index (χ1) is 16.8. The Labute approximate surface area is 211 Å². The van der Waals surface area contributed by atoms with Gasteiger partial charge in [0.1, 0.15) is 11.6 Å². The Morgan fingerprint density at radius 3 is 2.51 bits per heavy atom. The summed E-state index contributed by atoms with van der Waals surface area (Å²) < 4.78 is 27.3. The second-order valence-electron chi connectivity index (χ2n) is 8.17. The van der Waals surface area contributed by atoms with Gasteiger partial charge in [0.25, 0.3) is 5.91 Å². The highest BCUT2D eigenvalue weighted by Gasteiger charge is 2.26. The van der Waals surface area contributed by atoms with E-state index in [1.165, 1.54) is 35.9 Å². The summed E-state index contributed by atoms with van der Waals surface area (Å²) in [5, 5.41) is 5.98. The zero-order valence-corrected chi connectivity index (χ0v) is 20.2. The molecule has 1 amide bonds. The highest BCUT2D eigenvalue weighted by Crippen LogP contribution is 2.22. The summed E-state index contributed by atoms with van der Waals surface area (Å²) in [5.74, 6) is -1.58. The van der Waals surface area contributed by atoms with Gasteiger partial charge in [-0.25, -0.2) is 24.6 Å². The summed E-state index contributed by atoms with van der Waals surface area (Å²) in [7, 11) is 0. The number of amides is 1. The van der Waals surface area contributed by atoms with Gasteiger partial charge in [-0.05, 0) is 48.4 Å². The van der Waals surface area contributed by atoms with E-state index in [4.69, 9.17) is 23.2 Å². The molecule has 4 N–H and O–H groups in total. The van der Waals surface area contributed by atoms with Gasteiger partial charge in [0.15, 0.2) is 5.96 Å². The van der Waals surface area contributed by atoms with E-state index in [1.54, 1.807) is 0 Å². The van der Waals surface area contributed by atoms with Crippen LogP contribution < -0.4 is 21.5 Å². The average molecular weight is 518 g/mol. The average Bonchev–Trinajstić information content (AvgIpc) is 3.29. The molecule has 6 nitrogen and oxygen atoms in total. The van der Waals surface area contributed by atoms with Crippen molar-refractivity contribution in [2.45, 2.75) is 32.1 Å². The molecule has 0 aromatic heterocycles. The van der Waals surface area contributed by atoms with Gasteiger partial charge in [-0.3, -0.25) is 10.1 Å². The van der Waals surface area contributed by atoms with Crippen LogP contribution in [0.1, 0.15) is 39.5 Å². The molecule has 1 aliphatic rings. The highest BCUT2D eigenvalue weighted by molar-refractivity contribution is 6.31. The number of carbonyl (C=O) groups is 1. The largest absolute Gasteiger partial charge is 0.339 e. The zero-order chi connectivity index (χ0) is 24.9. The van der Waals surface area contributed by atoms with E-state index in [2.05, 4.69) is 38.6 Å². The summed E-state index contributed by atoms with van der Waals surface area (Å²) in [6.07, 6.45) is 0.385. The summed E-state index contributed by atoms with van der Waals surface area (Å²) in [6.45, 7) is 2.11. The van der Waals surface area contributed by atoms with Gasteiger partial charge in [-0.1, -0.05) is 59.1 Å². The third-order valence-electron chi connectivity index (χ3n) is 5.53. The second kappa shape index (κ2) is 11.1. The molecule has 0 spiro atoms. The number of guanidine groups is 1. The molecule has 2 unspecified atom stereocenters. The highest BCUT2D eigenvalue weighted by atomic mass is 35.5. The number of rotatable bonds is 5. The first-order valence-corrected chi connectivity index (χ1v) is 11.6. The lowest BCUT2D eigenvalue weighted by atomic mass is 10.0. The summed E-state index contributed by atoms with van der Waals surface area (Å²) in [6, 6.07) is 16.0. The van der Waals surface area contributed by atoms with Gasteiger partial charge < -0.3 is 5.32 Å². The molecule has 0 aliphatic carbocycles. The molecule has 182 valence electrons. The van der Waals surface area contributed by atoms with Gasteiger partial charge >= 0.3 is 0 Å². The van der Waals surface area contributed by atoms with E-state index in [1.807, 2.05) is 19.1 Å². The van der Waals surface area contributed by atoms with Crippen molar-refractivity contribution in [2.75, 3.05) is 0 Å². The van der Waals surface area contributed by atoms with Crippen molar-refractivity contribution in [3.63, 3.8) is 0 Å². The van der Waals surface area contributed by atoms with Crippen molar-refractivity contribution < 1.29 is 13.6 Å². The van der Waals surface area contributed by atoms with Crippen LogP contribution >= 0.6 is 23.2 Å². The van der Waals surface area contributed by atoms with Crippen LogP contribution in [0.5, 0.6) is 0 Å². The van der Waals surface area contributed by atoms with Crippen molar-refractivity contribution in [2.24, 2.45) is 4.99 Å². The van der Waals surface area contributed by atoms with E-state index in [9.17, 15) is 13.6 Å². The number of carbonyl (C=O) groups excluding carboxylic acids is 1. The van der Waals surface area contributed by atoms with E-state index >= 15 is 0 Å². The molecule has 10 heteroatoms. The predicted octanol–water partition coefficient (Wildman–Crippen LogP) is 5.02. The Bertz CT molecular complexity index is 1250. The van der Waals surface area contributed by atoms with Gasteiger partial charge in [0.2, 0.25) is 0 Å². The van der Waals surface area contributed by atoms with Gasteiger partial charge in [0.05, 0.1) is 17.7 Å². The quantitative estimate of drug-likeness (QED) is 0.283. The molecule has 4 rings (SSSR count). The van der Waals surface area contributed by atoms with E-state index in [0.717, 1.165) is 11.6 Å². The molecule has 3 aromatic carbocycles. The fourth-order valence-electron chi connectivity index (χ4n) is 3.59. The Morgan fingerprint density at radius 2 is 1.80 bits per heavy atom. The molecule has 0 radical (unpaired) electrons. The lowest BCUT2D eigenvalue weighted by Gasteiger charge is -2.17. The van der Waals surface area contributed by atoms with Crippen LogP contribution in [0, 0.1) is 18.6 Å². The van der Waals surface area contributed by atoms with E-state index < -0.39 is 17.5 Å². The molecule has 3 aromatic rings. The molecule has 2 atom stereocenters. The number of hydrogen-bond donors (Lipinski definition) is 4. The SMILES string of the molecule is Cc1ccc(C2CC(NC(=NCc3ccc(F)cc3Cl)NC(=O)c3ccc(Cl)c(F)c3)NN2)cc1. The third-order valence-corrected chi connectivity index (χ3v) is 6.19. The normalized spacial score (nSPS) is 17.9. The third kappa shape index (κ3) is 6.55. The van der Waals surface area contributed by atoms with Crippen molar-refractivity contribution >= 4 is 35.1 Å². The molecule has 0 saturated carbocycles. The summed E-state index contributed by atoms with van der Waals surface area (Å²) in [4.78, 5) is 17.2. The van der Waals surface area contributed by atoms with Gasteiger partial charge in [0, 0.05) is 23.0 Å². The van der Waals surface area contributed by atoms with E-state index in [0.29, 0.717) is 12.0 Å². The fourth-order valence-corrected chi connectivity index (χ4v) is 3.93. The number of aryl methyl sites for hydroxylation is 1. The maximum atomic E-state index is 13.9. The van der Waals surface area contributed by atoms with Crippen molar-refractivity contribution in [3.8, 4) is 0 Å². The lowest BCUT2D eigenvalue weighted by molar-refractivity contribution is 0.0975. The Hall–Kier alpha value is -3.04. The van der Waals surface area contributed by atoms with Crippen molar-refractivity contribution in [3.05, 3.63) is 105 Å². The van der Waals surface area contributed by atoms with Crippen LogP contribution in [0.25, 0.3) is 0 Å². The molecule has 1 heterocycles. The Kier molecular flexibility index (Phi) is 7.97. The number of nitrogens with zero attached hydrogens (tertiary/aromatic N) is 1. The van der Waals surface area contributed by atoms with Gasteiger partial charge in [-0.2, -0.15) is 0 Å². The predicted molar refractivity (Wildman–Crippen MR) is 133 cm³/mol. The molecule has 35 heavy (non-hydrogen) atoms. The lowest BCUT2D eigenvalue weighted by Crippen LogP contribution is -2.50. The van der Waals surface area contributed by atoms with Crippen LogP contribution in [0.15, 0.2) is 65.7 Å². The number of hydrazine groups is 1. The Balaban J connectivity index is 1.50. The molecular formula is C25H23Cl2F2N5O. The molecule has 0 bridgehead atoms. The minimum atomic E-state index is -0.702. The molecular weight excluding hydrogens is 495 g/mol. The number of hydrogen-bond acceptors (Lipinski definition) is 4. The second-order valence-corrected chi connectivity index (χ2v) is 8.98. The van der Waals surface area contributed by atoms with Crippen LogP contribution in [0.4, 0.5) is 8.78 Å². The first kappa shape index (κ1) is 25.1. The van der Waals surface area contributed by atoms with Crippen LogP contribution in [0.3, 0.4) is 0 Å². The first-order valence-electron chi connectivity index (χ1n) is 10.9. The minimum Gasteiger partial charge on any atom is -0.339 e. The summed E-state index contributed by atoms with van der Waals surface area (Å²) in [5.41, 5.74) is 9.32. The number of halogens is 4. The molecule has 1 fully saturated rings. The van der Waals surface area contributed by atoms with Crippen molar-refractivity contribution in [1.29, 1.82) is 0 Å². The maximum Gasteiger partial charge on any atom is 0.258 e. The van der Waals surface area contributed by atoms with E-state index in [-0.39, 0.29) is 40.3 Å². The van der Waals surface area contributed by atoms with Crippen LogP contribution in [-0.2, 0) is 6.54 Å². The topological polar surface area (TPSA) is 77.5 Å². The number of aliphatic imine (C=N–C) groups is 1. The van der Waals surface area contributed by atoms with Crippen LogP contribution in [0.2, 0.25) is 10.0 Å². The zero-order valence-electron chi connectivity index (χ0n) is 18.7. The standard InChI is InChI=1S/C25H23Cl2F2N5O/c1-14-2-4-15(5-3-14)22-12-23(34-33-22)31-25(30-13-17-6-8-18(28)11-20(17)27)32-24(35)16-7-9-19(26)21(29)10-16/h2-11,22-23,33-34H,12-13H2,1H3,(H2,30,31,32,35).